The highest BCUT2D eigenvalue weighted by atomic mass is 16.3. The van der Waals surface area contributed by atoms with E-state index >= 15 is 0 Å². The molecule has 0 fully saturated rings. The zero-order chi connectivity index (χ0) is 11.4. The van der Waals surface area contributed by atoms with Crippen molar-refractivity contribution in [2.45, 2.75) is 0 Å². The molecule has 2 rings (SSSR count). The van der Waals surface area contributed by atoms with Gasteiger partial charge in [-0.2, -0.15) is 0 Å². The first kappa shape index (κ1) is 10.7. The van der Waals surface area contributed by atoms with Crippen LogP contribution in [0.25, 0.3) is 11.0 Å². The molecule has 0 spiro atoms. The van der Waals surface area contributed by atoms with E-state index in [0.29, 0.717) is 12.1 Å². The number of fused-ring (bicyclic) bond motifs is 1. The molecule has 2 aromatic rings. The Labute approximate surface area is 93.6 Å². The first-order valence-electron chi connectivity index (χ1n) is 5.22. The SMILES string of the molecule is CNCCNC(=O)c1cccc2occc12. The summed E-state index contributed by atoms with van der Waals surface area (Å²) in [4.78, 5) is 11.9. The van der Waals surface area contributed by atoms with Crippen LogP contribution in [0.15, 0.2) is 34.9 Å². The molecule has 0 aliphatic heterocycles. The van der Waals surface area contributed by atoms with Crippen LogP contribution in [0.5, 0.6) is 0 Å². The van der Waals surface area contributed by atoms with Crippen LogP contribution in [0.1, 0.15) is 10.4 Å². The Morgan fingerprint density at radius 3 is 3.00 bits per heavy atom. The van der Waals surface area contributed by atoms with Gasteiger partial charge in [-0.15, -0.1) is 0 Å². The van der Waals surface area contributed by atoms with Crippen molar-refractivity contribution >= 4 is 16.9 Å². The average Bonchev–Trinajstić information content (AvgIpc) is 2.76. The Hall–Kier alpha value is -1.81. The average molecular weight is 218 g/mol. The van der Waals surface area contributed by atoms with Crippen molar-refractivity contribution < 1.29 is 9.21 Å². The fourth-order valence-electron chi connectivity index (χ4n) is 1.59. The Balaban J connectivity index is 2.19. The zero-order valence-corrected chi connectivity index (χ0v) is 9.12. The van der Waals surface area contributed by atoms with E-state index < -0.39 is 0 Å². The summed E-state index contributed by atoms with van der Waals surface area (Å²) in [5.41, 5.74) is 1.39. The van der Waals surface area contributed by atoms with Crippen molar-refractivity contribution in [3.05, 3.63) is 36.1 Å². The van der Waals surface area contributed by atoms with Gasteiger partial charge in [-0.1, -0.05) is 6.07 Å². The highest BCUT2D eigenvalue weighted by Crippen LogP contribution is 2.19. The first-order chi connectivity index (χ1) is 7.83. The molecule has 1 aromatic heterocycles. The number of likely N-dealkylation sites (N-methyl/N-ethyl adjacent to an activating group) is 1. The van der Waals surface area contributed by atoms with E-state index in [-0.39, 0.29) is 5.91 Å². The second kappa shape index (κ2) is 4.81. The summed E-state index contributed by atoms with van der Waals surface area (Å²) in [6.07, 6.45) is 1.59. The van der Waals surface area contributed by atoms with E-state index in [1.54, 1.807) is 12.3 Å². The lowest BCUT2D eigenvalue weighted by atomic mass is 10.1. The molecule has 1 heterocycles. The van der Waals surface area contributed by atoms with Gasteiger partial charge in [0.1, 0.15) is 5.58 Å². The Kier molecular flexibility index (Phi) is 3.22. The van der Waals surface area contributed by atoms with Gasteiger partial charge in [-0.25, -0.2) is 0 Å². The first-order valence-corrected chi connectivity index (χ1v) is 5.22. The summed E-state index contributed by atoms with van der Waals surface area (Å²) in [6.45, 7) is 1.37. The predicted molar refractivity (Wildman–Crippen MR) is 62.5 cm³/mol. The van der Waals surface area contributed by atoms with E-state index in [4.69, 9.17) is 4.42 Å². The van der Waals surface area contributed by atoms with Gasteiger partial charge in [-0.05, 0) is 25.2 Å². The third-order valence-corrected chi connectivity index (χ3v) is 2.40. The third kappa shape index (κ3) is 2.06. The minimum absolute atomic E-state index is 0.0674. The lowest BCUT2D eigenvalue weighted by Crippen LogP contribution is -2.30. The number of carbonyl (C=O) groups excluding carboxylic acids is 1. The molecule has 0 bridgehead atoms. The summed E-state index contributed by atoms with van der Waals surface area (Å²) in [5, 5.41) is 6.66. The molecule has 0 radical (unpaired) electrons. The number of benzene rings is 1. The fraction of sp³-hybridized carbons (Fsp3) is 0.250. The minimum Gasteiger partial charge on any atom is -0.464 e. The maximum Gasteiger partial charge on any atom is 0.252 e. The van der Waals surface area contributed by atoms with Crippen LogP contribution in [0.4, 0.5) is 0 Å². The standard InChI is InChI=1S/C12H14N2O2/c1-13-6-7-14-12(15)10-3-2-4-11-9(10)5-8-16-11/h2-5,8,13H,6-7H2,1H3,(H,14,15). The maximum absolute atomic E-state index is 11.9. The van der Waals surface area contributed by atoms with Crippen molar-refractivity contribution in [3.8, 4) is 0 Å². The minimum atomic E-state index is -0.0674. The van der Waals surface area contributed by atoms with Gasteiger partial charge in [0.05, 0.1) is 11.8 Å². The van der Waals surface area contributed by atoms with E-state index in [0.717, 1.165) is 17.5 Å². The van der Waals surface area contributed by atoms with Crippen molar-refractivity contribution in [1.82, 2.24) is 10.6 Å². The van der Waals surface area contributed by atoms with Gasteiger partial charge >= 0.3 is 0 Å². The van der Waals surface area contributed by atoms with Crippen molar-refractivity contribution in [1.29, 1.82) is 0 Å². The van der Waals surface area contributed by atoms with E-state index in [1.165, 1.54) is 0 Å². The molecule has 84 valence electrons. The zero-order valence-electron chi connectivity index (χ0n) is 9.12. The summed E-state index contributed by atoms with van der Waals surface area (Å²) >= 11 is 0. The fourth-order valence-corrected chi connectivity index (χ4v) is 1.59. The number of hydrogen-bond acceptors (Lipinski definition) is 3. The number of carbonyl (C=O) groups is 1. The third-order valence-electron chi connectivity index (χ3n) is 2.40. The van der Waals surface area contributed by atoms with Crippen molar-refractivity contribution in [3.63, 3.8) is 0 Å². The van der Waals surface area contributed by atoms with Crippen LogP contribution >= 0.6 is 0 Å². The Morgan fingerprint density at radius 2 is 2.19 bits per heavy atom. The topological polar surface area (TPSA) is 54.3 Å². The molecule has 4 heteroatoms. The van der Waals surface area contributed by atoms with Crippen LogP contribution < -0.4 is 10.6 Å². The molecular formula is C12H14N2O2. The van der Waals surface area contributed by atoms with Crippen molar-refractivity contribution in [2.24, 2.45) is 0 Å². The molecule has 4 nitrogen and oxygen atoms in total. The van der Waals surface area contributed by atoms with Gasteiger partial charge in [0.2, 0.25) is 0 Å². The molecule has 1 aromatic carbocycles. The molecule has 0 aliphatic carbocycles. The van der Waals surface area contributed by atoms with Gasteiger partial charge in [0, 0.05) is 18.5 Å². The number of rotatable bonds is 4. The number of amides is 1. The van der Waals surface area contributed by atoms with Crippen LogP contribution in [0.3, 0.4) is 0 Å². The molecule has 0 atom stereocenters. The normalized spacial score (nSPS) is 10.6. The summed E-state index contributed by atoms with van der Waals surface area (Å²) < 4.78 is 5.24. The van der Waals surface area contributed by atoms with Gasteiger partial charge in [-0.3, -0.25) is 4.79 Å². The highest BCUT2D eigenvalue weighted by Gasteiger charge is 2.10. The summed E-state index contributed by atoms with van der Waals surface area (Å²) in [7, 11) is 1.85. The van der Waals surface area contributed by atoms with Crippen LogP contribution in [0, 0.1) is 0 Å². The molecule has 0 saturated heterocycles. The molecule has 1 amide bonds. The summed E-state index contributed by atoms with van der Waals surface area (Å²) in [5.74, 6) is -0.0674. The maximum atomic E-state index is 11.9. The smallest absolute Gasteiger partial charge is 0.252 e. The monoisotopic (exact) mass is 218 g/mol. The molecule has 0 unspecified atom stereocenters. The largest absolute Gasteiger partial charge is 0.464 e. The lowest BCUT2D eigenvalue weighted by molar-refractivity contribution is 0.0956. The Bertz CT molecular complexity index is 490. The number of hydrogen-bond donors (Lipinski definition) is 2. The van der Waals surface area contributed by atoms with E-state index in [1.807, 2.05) is 25.2 Å². The van der Waals surface area contributed by atoms with Crippen LogP contribution in [-0.2, 0) is 0 Å². The van der Waals surface area contributed by atoms with Gasteiger partial charge in [0.15, 0.2) is 0 Å². The predicted octanol–water partition coefficient (Wildman–Crippen LogP) is 1.38. The number of nitrogens with one attached hydrogen (secondary N) is 2. The second-order valence-electron chi connectivity index (χ2n) is 3.50. The lowest BCUT2D eigenvalue weighted by Gasteiger charge is -2.05. The van der Waals surface area contributed by atoms with E-state index in [2.05, 4.69) is 10.6 Å². The molecular weight excluding hydrogens is 204 g/mol. The Morgan fingerprint density at radius 1 is 1.31 bits per heavy atom. The summed E-state index contributed by atoms with van der Waals surface area (Å²) in [6, 6.07) is 7.27. The van der Waals surface area contributed by atoms with Crippen LogP contribution in [0.2, 0.25) is 0 Å². The van der Waals surface area contributed by atoms with E-state index in [9.17, 15) is 4.79 Å². The van der Waals surface area contributed by atoms with Crippen molar-refractivity contribution in [2.75, 3.05) is 20.1 Å². The van der Waals surface area contributed by atoms with Gasteiger partial charge in [0.25, 0.3) is 5.91 Å². The van der Waals surface area contributed by atoms with Crippen LogP contribution in [-0.4, -0.2) is 26.0 Å². The number of furan rings is 1. The molecule has 0 aliphatic rings. The molecule has 2 N–H and O–H groups in total. The quantitative estimate of drug-likeness (QED) is 0.762. The molecule has 0 saturated carbocycles. The molecule has 16 heavy (non-hydrogen) atoms. The highest BCUT2D eigenvalue weighted by molar-refractivity contribution is 6.05. The van der Waals surface area contributed by atoms with Gasteiger partial charge < -0.3 is 15.1 Å². The second-order valence-corrected chi connectivity index (χ2v) is 3.50.